The Morgan fingerprint density at radius 1 is 1.32 bits per heavy atom. The van der Waals surface area contributed by atoms with Crippen molar-refractivity contribution < 1.29 is 0 Å². The Hall–Kier alpha value is -2.18. The van der Waals surface area contributed by atoms with Crippen molar-refractivity contribution >= 4 is 11.9 Å². The van der Waals surface area contributed by atoms with Crippen molar-refractivity contribution in [3.05, 3.63) is 18.7 Å². The first kappa shape index (κ1) is 13.3. The van der Waals surface area contributed by atoms with Gasteiger partial charge in [-0.25, -0.2) is 4.98 Å². The summed E-state index contributed by atoms with van der Waals surface area (Å²) in [7, 11) is 0. The number of nitrogens with one attached hydrogen (secondary N) is 1. The van der Waals surface area contributed by atoms with E-state index in [1.54, 1.807) is 23.3 Å². The summed E-state index contributed by atoms with van der Waals surface area (Å²) in [4.78, 5) is 16.5. The van der Waals surface area contributed by atoms with Crippen molar-refractivity contribution in [2.45, 2.75) is 27.2 Å². The van der Waals surface area contributed by atoms with E-state index in [9.17, 15) is 0 Å². The number of nitrogens with two attached hydrogens (primary N) is 1. The number of anilines is 2. The van der Waals surface area contributed by atoms with E-state index >= 15 is 0 Å². The van der Waals surface area contributed by atoms with Crippen LogP contribution in [0.1, 0.15) is 27.2 Å². The van der Waals surface area contributed by atoms with E-state index < -0.39 is 0 Å². The number of hydrogen-bond acceptors (Lipinski definition) is 6. The topological polar surface area (TPSA) is 94.5 Å². The van der Waals surface area contributed by atoms with Crippen LogP contribution in [0, 0.1) is 5.41 Å². The van der Waals surface area contributed by atoms with Crippen LogP contribution in [0.2, 0.25) is 0 Å². The minimum absolute atomic E-state index is 0.177. The van der Waals surface area contributed by atoms with Crippen LogP contribution >= 0.6 is 0 Å². The molecular weight excluding hydrogens is 242 g/mol. The predicted molar refractivity (Wildman–Crippen MR) is 73.9 cm³/mol. The van der Waals surface area contributed by atoms with E-state index in [1.165, 1.54) is 0 Å². The van der Waals surface area contributed by atoms with Gasteiger partial charge in [0.15, 0.2) is 0 Å². The molecule has 0 fully saturated rings. The Kier molecular flexibility index (Phi) is 3.64. The maximum absolute atomic E-state index is 5.70. The fourth-order valence-corrected chi connectivity index (χ4v) is 1.40. The van der Waals surface area contributed by atoms with Gasteiger partial charge in [-0.1, -0.05) is 20.8 Å². The average molecular weight is 261 g/mol. The summed E-state index contributed by atoms with van der Waals surface area (Å²) in [5.74, 6) is 1.13. The molecule has 0 spiro atoms. The molecule has 2 aromatic heterocycles. The van der Waals surface area contributed by atoms with Crippen molar-refractivity contribution in [3.63, 3.8) is 0 Å². The van der Waals surface area contributed by atoms with Gasteiger partial charge in [-0.05, 0) is 11.8 Å². The Morgan fingerprint density at radius 2 is 2.11 bits per heavy atom. The molecule has 3 N–H and O–H groups in total. The highest BCUT2D eigenvalue weighted by molar-refractivity contribution is 5.35. The largest absolute Gasteiger partial charge is 0.368 e. The minimum Gasteiger partial charge on any atom is -0.368 e. The maximum Gasteiger partial charge on any atom is 0.241 e. The van der Waals surface area contributed by atoms with Crippen molar-refractivity contribution in [2.75, 3.05) is 17.6 Å². The van der Waals surface area contributed by atoms with Crippen LogP contribution in [-0.4, -0.2) is 31.0 Å². The lowest BCUT2D eigenvalue weighted by Crippen LogP contribution is -2.23. The zero-order chi connectivity index (χ0) is 13.9. The smallest absolute Gasteiger partial charge is 0.241 e. The third-order valence-corrected chi connectivity index (χ3v) is 3.06. The van der Waals surface area contributed by atoms with Crippen LogP contribution in [0.15, 0.2) is 18.7 Å². The van der Waals surface area contributed by atoms with Gasteiger partial charge in [-0.15, -0.1) is 0 Å². The summed E-state index contributed by atoms with van der Waals surface area (Å²) < 4.78 is 1.69. The van der Waals surface area contributed by atoms with E-state index in [4.69, 9.17) is 5.73 Å². The molecule has 0 aliphatic rings. The van der Waals surface area contributed by atoms with Crippen molar-refractivity contribution in [2.24, 2.45) is 5.41 Å². The Bertz CT molecular complexity index is 533. The average Bonchev–Trinajstić information content (AvgIpc) is 2.90. The third-order valence-electron chi connectivity index (χ3n) is 3.06. The highest BCUT2D eigenvalue weighted by Gasteiger charge is 2.15. The highest BCUT2D eigenvalue weighted by Crippen LogP contribution is 2.19. The summed E-state index contributed by atoms with van der Waals surface area (Å²) in [6.45, 7) is 7.29. The molecule has 2 rings (SSSR count). The van der Waals surface area contributed by atoms with Gasteiger partial charge in [-0.3, -0.25) is 4.57 Å². The zero-order valence-electron chi connectivity index (χ0n) is 11.5. The summed E-state index contributed by atoms with van der Waals surface area (Å²) in [6.07, 6.45) is 6.10. The number of hydrogen-bond donors (Lipinski definition) is 2. The van der Waals surface area contributed by atoms with Gasteiger partial charge < -0.3 is 11.1 Å². The minimum atomic E-state index is 0.177. The molecule has 0 atom stereocenters. The number of imidazole rings is 1. The number of aromatic nitrogens is 5. The van der Waals surface area contributed by atoms with Crippen LogP contribution < -0.4 is 11.1 Å². The van der Waals surface area contributed by atoms with Gasteiger partial charge in [0.05, 0.1) is 0 Å². The lowest BCUT2D eigenvalue weighted by atomic mass is 9.90. The van der Waals surface area contributed by atoms with Gasteiger partial charge in [-0.2, -0.15) is 15.0 Å². The van der Waals surface area contributed by atoms with Crippen LogP contribution in [0.4, 0.5) is 11.9 Å². The van der Waals surface area contributed by atoms with Gasteiger partial charge >= 0.3 is 0 Å². The lowest BCUT2D eigenvalue weighted by Gasteiger charge is -2.22. The van der Waals surface area contributed by atoms with Crippen molar-refractivity contribution in [3.8, 4) is 5.95 Å². The SMILES string of the molecule is CCC(C)(C)CNc1nc(N)nc(-n2ccnc2)n1. The number of nitrogens with zero attached hydrogens (tertiary/aromatic N) is 5. The zero-order valence-corrected chi connectivity index (χ0v) is 11.5. The molecule has 0 unspecified atom stereocenters. The first-order valence-electron chi connectivity index (χ1n) is 6.24. The van der Waals surface area contributed by atoms with Crippen LogP contribution in [-0.2, 0) is 0 Å². The molecule has 7 heteroatoms. The summed E-state index contributed by atoms with van der Waals surface area (Å²) in [5, 5.41) is 3.20. The lowest BCUT2D eigenvalue weighted by molar-refractivity contribution is 0.376. The molecule has 0 aliphatic carbocycles. The first-order valence-corrected chi connectivity index (χ1v) is 6.24. The van der Waals surface area contributed by atoms with Crippen molar-refractivity contribution in [1.82, 2.24) is 24.5 Å². The van der Waals surface area contributed by atoms with Gasteiger partial charge in [0.2, 0.25) is 17.8 Å². The monoisotopic (exact) mass is 261 g/mol. The predicted octanol–water partition coefficient (Wildman–Crippen LogP) is 1.49. The second kappa shape index (κ2) is 5.21. The molecule has 102 valence electrons. The maximum atomic E-state index is 5.70. The van der Waals surface area contributed by atoms with E-state index in [0.29, 0.717) is 11.9 Å². The Labute approximate surface area is 112 Å². The summed E-state index contributed by atoms with van der Waals surface area (Å²) in [5.41, 5.74) is 5.88. The van der Waals surface area contributed by atoms with E-state index in [0.717, 1.165) is 13.0 Å². The molecule has 0 saturated carbocycles. The molecule has 0 saturated heterocycles. The van der Waals surface area contributed by atoms with Gasteiger partial charge in [0, 0.05) is 18.9 Å². The molecule has 0 bridgehead atoms. The van der Waals surface area contributed by atoms with Crippen LogP contribution in [0.25, 0.3) is 5.95 Å². The second-order valence-corrected chi connectivity index (χ2v) is 5.16. The summed E-state index contributed by atoms with van der Waals surface area (Å²) >= 11 is 0. The molecule has 0 aromatic carbocycles. The van der Waals surface area contributed by atoms with E-state index in [-0.39, 0.29) is 11.4 Å². The van der Waals surface area contributed by atoms with E-state index in [1.807, 2.05) is 0 Å². The first-order chi connectivity index (χ1) is 9.00. The number of nitrogen functional groups attached to an aromatic ring is 1. The van der Waals surface area contributed by atoms with Gasteiger partial charge in [0.25, 0.3) is 0 Å². The fraction of sp³-hybridized carbons (Fsp3) is 0.500. The number of rotatable bonds is 5. The Morgan fingerprint density at radius 3 is 2.74 bits per heavy atom. The molecular formula is C12H19N7. The molecule has 0 radical (unpaired) electrons. The standard InChI is InChI=1S/C12H19N7/c1-4-12(2,3)7-15-10-16-9(13)17-11(18-10)19-6-5-14-8-19/h5-6,8H,4,7H2,1-3H3,(H3,13,15,16,17,18). The highest BCUT2D eigenvalue weighted by atomic mass is 15.3. The fourth-order valence-electron chi connectivity index (χ4n) is 1.40. The molecule has 2 aromatic rings. The molecule has 0 amide bonds. The molecule has 0 aliphatic heterocycles. The van der Waals surface area contributed by atoms with Crippen LogP contribution in [0.3, 0.4) is 0 Å². The molecule has 19 heavy (non-hydrogen) atoms. The summed E-state index contributed by atoms with van der Waals surface area (Å²) in [6, 6.07) is 0. The molecule has 7 nitrogen and oxygen atoms in total. The van der Waals surface area contributed by atoms with Crippen molar-refractivity contribution in [1.29, 1.82) is 0 Å². The quantitative estimate of drug-likeness (QED) is 0.846. The third kappa shape index (κ3) is 3.40. The second-order valence-electron chi connectivity index (χ2n) is 5.16. The molecule has 2 heterocycles. The van der Waals surface area contributed by atoms with E-state index in [2.05, 4.69) is 46.0 Å². The van der Waals surface area contributed by atoms with Crippen LogP contribution in [0.5, 0.6) is 0 Å². The normalized spacial score (nSPS) is 11.5. The Balaban J connectivity index is 2.18. The van der Waals surface area contributed by atoms with Gasteiger partial charge in [0.1, 0.15) is 6.33 Å².